The average Bonchev–Trinajstić information content (AvgIpc) is 2.36. The van der Waals surface area contributed by atoms with Gasteiger partial charge in [0.05, 0.1) is 16.3 Å². The Balaban J connectivity index is 2.28. The smallest absolute Gasteiger partial charge is 0.257 e. The third kappa shape index (κ3) is 3.14. The molecule has 0 saturated heterocycles. The highest BCUT2D eigenvalue weighted by Crippen LogP contribution is 2.25. The fourth-order valence-electron chi connectivity index (χ4n) is 1.60. The molecule has 1 amide bonds. The minimum absolute atomic E-state index is 0.332. The van der Waals surface area contributed by atoms with Gasteiger partial charge in [0.1, 0.15) is 5.82 Å². The normalized spacial score (nSPS) is 10.3. The molecule has 2 aromatic carbocycles. The summed E-state index contributed by atoms with van der Waals surface area (Å²) in [5.41, 5.74) is 1.70. The molecule has 1 N–H and O–H groups in total. The first-order valence-electron chi connectivity index (χ1n) is 5.50. The lowest BCUT2D eigenvalue weighted by Crippen LogP contribution is -2.13. The van der Waals surface area contributed by atoms with E-state index in [-0.39, 0.29) is 11.7 Å². The molecule has 2 nitrogen and oxygen atoms in total. The molecule has 0 spiro atoms. The van der Waals surface area contributed by atoms with Crippen molar-refractivity contribution in [2.45, 2.75) is 6.92 Å². The van der Waals surface area contributed by atoms with E-state index >= 15 is 0 Å². The minimum atomic E-state index is -0.376. The van der Waals surface area contributed by atoms with Crippen molar-refractivity contribution in [3.63, 3.8) is 0 Å². The molecule has 0 unspecified atom stereocenters. The number of amides is 1. The van der Waals surface area contributed by atoms with Crippen LogP contribution >= 0.6 is 27.5 Å². The van der Waals surface area contributed by atoms with Gasteiger partial charge in [0.2, 0.25) is 0 Å². The van der Waals surface area contributed by atoms with Crippen molar-refractivity contribution in [2.24, 2.45) is 0 Å². The van der Waals surface area contributed by atoms with Gasteiger partial charge in [-0.15, -0.1) is 0 Å². The highest BCUT2D eigenvalue weighted by Gasteiger charge is 2.13. The van der Waals surface area contributed by atoms with Crippen molar-refractivity contribution in [2.75, 3.05) is 5.32 Å². The minimum Gasteiger partial charge on any atom is -0.321 e. The summed E-state index contributed by atoms with van der Waals surface area (Å²) in [6.07, 6.45) is 0. The highest BCUT2D eigenvalue weighted by molar-refractivity contribution is 9.10. The molecule has 0 saturated carbocycles. The molecular weight excluding hydrogens is 333 g/mol. The largest absolute Gasteiger partial charge is 0.321 e. The summed E-state index contributed by atoms with van der Waals surface area (Å²) in [6, 6.07) is 9.28. The van der Waals surface area contributed by atoms with Gasteiger partial charge in [-0.25, -0.2) is 4.39 Å². The second-order valence-electron chi connectivity index (χ2n) is 4.01. The van der Waals surface area contributed by atoms with E-state index < -0.39 is 0 Å². The maximum absolute atomic E-state index is 13.0. The molecule has 0 fully saturated rings. The molecule has 0 aromatic heterocycles. The van der Waals surface area contributed by atoms with Gasteiger partial charge in [-0.1, -0.05) is 23.7 Å². The van der Waals surface area contributed by atoms with Crippen LogP contribution in [-0.4, -0.2) is 5.91 Å². The molecule has 0 bridgehead atoms. The third-order valence-electron chi connectivity index (χ3n) is 2.62. The molecular formula is C14H10BrClFNO. The number of hydrogen-bond donors (Lipinski definition) is 1. The zero-order valence-corrected chi connectivity index (χ0v) is 12.3. The quantitative estimate of drug-likeness (QED) is 0.834. The zero-order valence-electron chi connectivity index (χ0n) is 10.0. The van der Waals surface area contributed by atoms with Gasteiger partial charge in [0.25, 0.3) is 5.91 Å². The molecule has 0 aliphatic heterocycles. The van der Waals surface area contributed by atoms with Crippen LogP contribution in [0.25, 0.3) is 0 Å². The zero-order chi connectivity index (χ0) is 14.0. The second kappa shape index (κ2) is 5.72. The molecule has 0 radical (unpaired) electrons. The summed E-state index contributed by atoms with van der Waals surface area (Å²) in [5, 5.41) is 3.10. The molecule has 2 rings (SSSR count). The number of halogens is 3. The van der Waals surface area contributed by atoms with Crippen LogP contribution < -0.4 is 5.32 Å². The number of aryl methyl sites for hydroxylation is 1. The fraction of sp³-hybridized carbons (Fsp3) is 0.0714. The third-order valence-corrected chi connectivity index (χ3v) is 3.77. The lowest BCUT2D eigenvalue weighted by molar-refractivity contribution is 0.102. The Morgan fingerprint density at radius 2 is 2.05 bits per heavy atom. The van der Waals surface area contributed by atoms with E-state index in [1.807, 2.05) is 13.0 Å². The first kappa shape index (κ1) is 14.0. The van der Waals surface area contributed by atoms with Crippen LogP contribution in [0.15, 0.2) is 40.9 Å². The highest BCUT2D eigenvalue weighted by atomic mass is 79.9. The Morgan fingerprint density at radius 3 is 2.74 bits per heavy atom. The van der Waals surface area contributed by atoms with Gasteiger partial charge in [0, 0.05) is 4.47 Å². The van der Waals surface area contributed by atoms with Gasteiger partial charge >= 0.3 is 0 Å². The summed E-state index contributed by atoms with van der Waals surface area (Å²) in [4.78, 5) is 12.1. The topological polar surface area (TPSA) is 29.1 Å². The van der Waals surface area contributed by atoms with Crippen LogP contribution in [0.4, 0.5) is 10.1 Å². The average molecular weight is 343 g/mol. The Bertz CT molecular complexity index is 645. The van der Waals surface area contributed by atoms with Crippen molar-refractivity contribution in [3.05, 3.63) is 62.8 Å². The van der Waals surface area contributed by atoms with Crippen molar-refractivity contribution in [1.29, 1.82) is 0 Å². The van der Waals surface area contributed by atoms with E-state index in [2.05, 4.69) is 21.2 Å². The van der Waals surface area contributed by atoms with Crippen LogP contribution in [-0.2, 0) is 0 Å². The fourth-order valence-corrected chi connectivity index (χ4v) is 2.27. The molecule has 0 aliphatic carbocycles. The molecule has 98 valence electrons. The van der Waals surface area contributed by atoms with E-state index in [1.54, 1.807) is 12.1 Å². The van der Waals surface area contributed by atoms with Gasteiger partial charge in [-0.3, -0.25) is 4.79 Å². The SMILES string of the molecule is Cc1cccc(C(=O)Nc2ccc(F)cc2Br)c1Cl. The van der Waals surface area contributed by atoms with Gasteiger partial charge in [0.15, 0.2) is 0 Å². The monoisotopic (exact) mass is 341 g/mol. The lowest BCUT2D eigenvalue weighted by atomic mass is 10.1. The predicted octanol–water partition coefficient (Wildman–Crippen LogP) is 4.80. The number of nitrogens with one attached hydrogen (secondary N) is 1. The summed E-state index contributed by atoms with van der Waals surface area (Å²) < 4.78 is 13.4. The van der Waals surface area contributed by atoms with Crippen LogP contribution in [0.2, 0.25) is 5.02 Å². The number of carbonyl (C=O) groups excluding carboxylic acids is 1. The van der Waals surface area contributed by atoms with Crippen LogP contribution in [0.3, 0.4) is 0 Å². The maximum Gasteiger partial charge on any atom is 0.257 e. The van der Waals surface area contributed by atoms with Gasteiger partial charge < -0.3 is 5.32 Å². The Morgan fingerprint density at radius 1 is 1.32 bits per heavy atom. The molecule has 0 aliphatic rings. The number of rotatable bonds is 2. The van der Waals surface area contributed by atoms with Crippen molar-refractivity contribution in [3.8, 4) is 0 Å². The number of anilines is 1. The van der Waals surface area contributed by atoms with E-state index in [0.717, 1.165) is 5.56 Å². The standard InChI is InChI=1S/C14H10BrClFNO/c1-8-3-2-4-10(13(8)16)14(19)18-12-6-5-9(17)7-11(12)15/h2-7H,1H3,(H,18,19). The molecule has 19 heavy (non-hydrogen) atoms. The number of hydrogen-bond acceptors (Lipinski definition) is 1. The molecule has 0 heterocycles. The summed E-state index contributed by atoms with van der Waals surface area (Å²) in [5.74, 6) is -0.709. The van der Waals surface area contributed by atoms with Crippen LogP contribution in [0.1, 0.15) is 15.9 Å². The van der Waals surface area contributed by atoms with Crippen LogP contribution in [0, 0.1) is 12.7 Å². The van der Waals surface area contributed by atoms with Gasteiger partial charge in [-0.2, -0.15) is 0 Å². The van der Waals surface area contributed by atoms with Crippen molar-refractivity contribution >= 4 is 39.1 Å². The summed E-state index contributed by atoms with van der Waals surface area (Å²) in [7, 11) is 0. The first-order chi connectivity index (χ1) is 8.99. The Hall–Kier alpha value is -1.39. The van der Waals surface area contributed by atoms with E-state index in [4.69, 9.17) is 11.6 Å². The van der Waals surface area contributed by atoms with Gasteiger partial charge in [-0.05, 0) is 52.7 Å². The maximum atomic E-state index is 13.0. The molecule has 5 heteroatoms. The summed E-state index contributed by atoms with van der Waals surface area (Å²) >= 11 is 9.28. The predicted molar refractivity (Wildman–Crippen MR) is 78.2 cm³/mol. The summed E-state index contributed by atoms with van der Waals surface area (Å²) in [6.45, 7) is 1.83. The van der Waals surface area contributed by atoms with Crippen molar-refractivity contribution in [1.82, 2.24) is 0 Å². The van der Waals surface area contributed by atoms with Crippen LogP contribution in [0.5, 0.6) is 0 Å². The van der Waals surface area contributed by atoms with E-state index in [1.165, 1.54) is 18.2 Å². The number of carbonyl (C=O) groups is 1. The lowest BCUT2D eigenvalue weighted by Gasteiger charge is -2.09. The molecule has 0 atom stereocenters. The van der Waals surface area contributed by atoms with E-state index in [0.29, 0.717) is 20.7 Å². The molecule has 2 aromatic rings. The second-order valence-corrected chi connectivity index (χ2v) is 5.25. The Labute approximate surface area is 123 Å². The first-order valence-corrected chi connectivity index (χ1v) is 6.67. The van der Waals surface area contributed by atoms with Crippen molar-refractivity contribution < 1.29 is 9.18 Å². The van der Waals surface area contributed by atoms with E-state index in [9.17, 15) is 9.18 Å². The Kier molecular flexibility index (Phi) is 4.22. The number of benzene rings is 2.